The van der Waals surface area contributed by atoms with E-state index in [4.69, 9.17) is 4.74 Å². The molecule has 2 aromatic rings. The number of para-hydroxylation sites is 1. The highest BCUT2D eigenvalue weighted by atomic mass is 32.2. The molecule has 7 nitrogen and oxygen atoms in total. The van der Waals surface area contributed by atoms with Crippen molar-refractivity contribution in [2.75, 3.05) is 17.6 Å². The number of methoxy groups -OCH3 is 1. The van der Waals surface area contributed by atoms with E-state index in [-0.39, 0.29) is 17.7 Å². The normalized spacial score (nSPS) is 16.6. The van der Waals surface area contributed by atoms with Gasteiger partial charge in [-0.15, -0.1) is 0 Å². The maximum Gasteiger partial charge on any atom is 0.240 e. The number of carbonyl (C=O) groups is 1. The monoisotopic (exact) mass is 401 g/mol. The molecule has 148 valence electrons. The van der Waals surface area contributed by atoms with Crippen molar-refractivity contribution in [2.24, 2.45) is 5.10 Å². The first-order valence-corrected chi connectivity index (χ1v) is 10.6. The highest BCUT2D eigenvalue weighted by Gasteiger charge is 2.32. The van der Waals surface area contributed by atoms with E-state index in [0.29, 0.717) is 23.4 Å². The van der Waals surface area contributed by atoms with Gasteiger partial charge in [0, 0.05) is 18.9 Å². The number of anilines is 1. The number of nitrogens with zero attached hydrogens (tertiary/aromatic N) is 2. The van der Waals surface area contributed by atoms with E-state index >= 15 is 0 Å². The first kappa shape index (κ1) is 19.9. The van der Waals surface area contributed by atoms with Gasteiger partial charge >= 0.3 is 0 Å². The molecule has 1 aliphatic heterocycles. The Morgan fingerprint density at radius 2 is 1.89 bits per heavy atom. The van der Waals surface area contributed by atoms with Crippen LogP contribution in [-0.4, -0.2) is 37.9 Å². The Morgan fingerprint density at radius 1 is 1.21 bits per heavy atom. The summed E-state index contributed by atoms with van der Waals surface area (Å²) < 4.78 is 31.8. The van der Waals surface area contributed by atoms with Crippen LogP contribution in [0.4, 0.5) is 5.69 Å². The van der Waals surface area contributed by atoms with Gasteiger partial charge in [0.05, 0.1) is 30.3 Å². The SMILES string of the molecule is CCS(=O)(=O)Nc1ccccc1C1=NN(C(C)=O)[C@H](c2ccc(OC)cc2)C1. The molecular formula is C20H23N3O4S. The Kier molecular flexibility index (Phi) is 5.69. The van der Waals surface area contributed by atoms with E-state index < -0.39 is 10.0 Å². The van der Waals surface area contributed by atoms with E-state index in [0.717, 1.165) is 11.3 Å². The van der Waals surface area contributed by atoms with Crippen LogP contribution in [-0.2, 0) is 14.8 Å². The topological polar surface area (TPSA) is 88.1 Å². The molecule has 3 rings (SSSR count). The number of ether oxygens (including phenoxy) is 1. The molecule has 0 bridgehead atoms. The van der Waals surface area contributed by atoms with E-state index in [2.05, 4.69) is 9.82 Å². The van der Waals surface area contributed by atoms with Crippen LogP contribution in [0, 0.1) is 0 Å². The molecule has 8 heteroatoms. The van der Waals surface area contributed by atoms with Gasteiger partial charge < -0.3 is 4.74 Å². The Hall–Kier alpha value is -2.87. The number of hydrogen-bond donors (Lipinski definition) is 1. The second-order valence-corrected chi connectivity index (χ2v) is 8.47. The predicted octanol–water partition coefficient (Wildman–Crippen LogP) is 3.15. The van der Waals surface area contributed by atoms with Gasteiger partial charge in [-0.25, -0.2) is 13.4 Å². The van der Waals surface area contributed by atoms with Gasteiger partial charge in [-0.2, -0.15) is 5.10 Å². The lowest BCUT2D eigenvalue weighted by Crippen LogP contribution is -2.24. The summed E-state index contributed by atoms with van der Waals surface area (Å²) in [4.78, 5) is 12.2. The van der Waals surface area contributed by atoms with Crippen molar-refractivity contribution in [3.05, 3.63) is 59.7 Å². The lowest BCUT2D eigenvalue weighted by molar-refractivity contribution is -0.130. The van der Waals surface area contributed by atoms with E-state index in [1.165, 1.54) is 11.9 Å². The summed E-state index contributed by atoms with van der Waals surface area (Å²) in [7, 11) is -1.83. The number of benzene rings is 2. The summed E-state index contributed by atoms with van der Waals surface area (Å²) in [6.45, 7) is 3.05. The molecule has 0 aliphatic carbocycles. The molecule has 0 unspecified atom stereocenters. The van der Waals surface area contributed by atoms with Gasteiger partial charge in [0.2, 0.25) is 15.9 Å². The Balaban J connectivity index is 1.95. The molecule has 0 radical (unpaired) electrons. The quantitative estimate of drug-likeness (QED) is 0.805. The summed E-state index contributed by atoms with van der Waals surface area (Å²) in [5, 5.41) is 5.96. The number of hydrazone groups is 1. The third kappa shape index (κ3) is 4.17. The minimum absolute atomic E-state index is 0.0259. The molecule has 1 heterocycles. The number of sulfonamides is 1. The molecule has 1 amide bonds. The number of nitrogens with one attached hydrogen (secondary N) is 1. The molecule has 0 aromatic heterocycles. The molecule has 28 heavy (non-hydrogen) atoms. The molecule has 2 aromatic carbocycles. The van der Waals surface area contributed by atoms with Crippen LogP contribution in [0.1, 0.15) is 37.4 Å². The molecule has 0 fully saturated rings. The number of amides is 1. The summed E-state index contributed by atoms with van der Waals surface area (Å²) >= 11 is 0. The predicted molar refractivity (Wildman–Crippen MR) is 109 cm³/mol. The van der Waals surface area contributed by atoms with Crippen molar-refractivity contribution in [3.8, 4) is 5.75 Å². The molecule has 1 N–H and O–H groups in total. The van der Waals surface area contributed by atoms with Crippen molar-refractivity contribution >= 4 is 27.3 Å². The molecular weight excluding hydrogens is 378 g/mol. The van der Waals surface area contributed by atoms with Gasteiger partial charge in [0.1, 0.15) is 5.75 Å². The van der Waals surface area contributed by atoms with Gasteiger partial charge in [0.15, 0.2) is 0 Å². The van der Waals surface area contributed by atoms with Gasteiger partial charge in [-0.1, -0.05) is 30.3 Å². The zero-order valence-electron chi connectivity index (χ0n) is 16.0. The minimum atomic E-state index is -3.43. The molecule has 0 saturated carbocycles. The average molecular weight is 401 g/mol. The fourth-order valence-corrected chi connectivity index (χ4v) is 3.77. The zero-order valence-corrected chi connectivity index (χ0v) is 16.9. The van der Waals surface area contributed by atoms with E-state index in [1.54, 1.807) is 32.2 Å². The van der Waals surface area contributed by atoms with Crippen molar-refractivity contribution in [1.29, 1.82) is 0 Å². The lowest BCUT2D eigenvalue weighted by Gasteiger charge is -2.20. The maximum absolute atomic E-state index is 12.2. The first-order chi connectivity index (χ1) is 13.3. The van der Waals surface area contributed by atoms with E-state index in [1.807, 2.05) is 30.3 Å². The van der Waals surface area contributed by atoms with Crippen molar-refractivity contribution in [1.82, 2.24) is 5.01 Å². The van der Waals surface area contributed by atoms with Gasteiger partial charge in [0.25, 0.3) is 0 Å². The van der Waals surface area contributed by atoms with Crippen LogP contribution in [0.15, 0.2) is 53.6 Å². The standard InChI is InChI=1S/C20H23N3O4S/c1-4-28(25,26)22-18-8-6-5-7-17(18)19-13-20(23(21-19)14(2)24)15-9-11-16(27-3)12-10-15/h5-12,20,22H,4,13H2,1-3H3/t20-/m0/s1. The first-order valence-electron chi connectivity index (χ1n) is 8.95. The van der Waals surface area contributed by atoms with Crippen LogP contribution in [0.2, 0.25) is 0 Å². The van der Waals surface area contributed by atoms with Gasteiger partial charge in [-0.3, -0.25) is 9.52 Å². The Bertz CT molecular complexity index is 1000. The maximum atomic E-state index is 12.2. The fraction of sp³-hybridized carbons (Fsp3) is 0.300. The summed E-state index contributed by atoms with van der Waals surface area (Å²) in [6.07, 6.45) is 0.483. The number of rotatable bonds is 6. The Morgan fingerprint density at radius 3 is 2.50 bits per heavy atom. The third-order valence-electron chi connectivity index (χ3n) is 4.62. The highest BCUT2D eigenvalue weighted by molar-refractivity contribution is 7.92. The highest BCUT2D eigenvalue weighted by Crippen LogP contribution is 2.35. The summed E-state index contributed by atoms with van der Waals surface area (Å²) in [5.41, 5.74) is 2.72. The van der Waals surface area contributed by atoms with Crippen LogP contribution < -0.4 is 9.46 Å². The Labute approximate surface area is 165 Å². The smallest absolute Gasteiger partial charge is 0.240 e. The number of carbonyl (C=O) groups excluding carboxylic acids is 1. The average Bonchev–Trinajstić information content (AvgIpc) is 3.14. The largest absolute Gasteiger partial charge is 0.497 e. The van der Waals surface area contributed by atoms with Crippen molar-refractivity contribution in [2.45, 2.75) is 26.3 Å². The fourth-order valence-electron chi connectivity index (χ4n) is 3.11. The summed E-state index contributed by atoms with van der Waals surface area (Å²) in [6, 6.07) is 14.3. The van der Waals surface area contributed by atoms with Crippen LogP contribution >= 0.6 is 0 Å². The van der Waals surface area contributed by atoms with Crippen LogP contribution in [0.25, 0.3) is 0 Å². The third-order valence-corrected chi connectivity index (χ3v) is 5.91. The second kappa shape index (κ2) is 8.02. The lowest BCUT2D eigenvalue weighted by atomic mass is 9.97. The second-order valence-electron chi connectivity index (χ2n) is 6.45. The molecule has 1 atom stereocenters. The van der Waals surface area contributed by atoms with Crippen molar-refractivity contribution in [3.63, 3.8) is 0 Å². The minimum Gasteiger partial charge on any atom is -0.497 e. The van der Waals surface area contributed by atoms with Crippen LogP contribution in [0.5, 0.6) is 5.75 Å². The van der Waals surface area contributed by atoms with E-state index in [9.17, 15) is 13.2 Å². The molecule has 1 aliphatic rings. The number of hydrogen-bond acceptors (Lipinski definition) is 5. The van der Waals surface area contributed by atoms with Crippen molar-refractivity contribution < 1.29 is 17.9 Å². The summed E-state index contributed by atoms with van der Waals surface area (Å²) in [5.74, 6) is 0.529. The molecule has 0 saturated heterocycles. The van der Waals surface area contributed by atoms with Crippen LogP contribution in [0.3, 0.4) is 0 Å². The van der Waals surface area contributed by atoms with Gasteiger partial charge in [-0.05, 0) is 30.7 Å². The molecule has 0 spiro atoms. The zero-order chi connectivity index (χ0) is 20.3.